The highest BCUT2D eigenvalue weighted by Crippen LogP contribution is 2.33. The molecule has 31 heavy (non-hydrogen) atoms. The molecule has 0 fully saturated rings. The van der Waals surface area contributed by atoms with Gasteiger partial charge in [-0.15, -0.1) is 11.3 Å². The van der Waals surface area contributed by atoms with Crippen molar-refractivity contribution in [2.75, 3.05) is 6.79 Å². The number of thiophene rings is 1. The number of ether oxygens (including phenoxy) is 2. The number of amides is 1. The number of benzene rings is 2. The lowest BCUT2D eigenvalue weighted by atomic mass is 10.2. The Morgan fingerprint density at radius 3 is 2.94 bits per heavy atom. The van der Waals surface area contributed by atoms with E-state index in [1.807, 2.05) is 19.1 Å². The van der Waals surface area contributed by atoms with Gasteiger partial charge in [0, 0.05) is 17.7 Å². The van der Waals surface area contributed by atoms with E-state index >= 15 is 0 Å². The van der Waals surface area contributed by atoms with Gasteiger partial charge in [-0.05, 0) is 29.8 Å². The summed E-state index contributed by atoms with van der Waals surface area (Å²) in [6.07, 6.45) is 0.437. The summed E-state index contributed by atoms with van der Waals surface area (Å²) in [4.78, 5) is 30.3. The summed E-state index contributed by atoms with van der Waals surface area (Å²) in [6.45, 7) is 2.16. The van der Waals surface area contributed by atoms with Crippen LogP contribution in [0.2, 0.25) is 0 Å². The van der Waals surface area contributed by atoms with Crippen LogP contribution in [0, 0.1) is 5.82 Å². The molecule has 2 aromatic carbocycles. The van der Waals surface area contributed by atoms with Crippen molar-refractivity contribution in [1.82, 2.24) is 14.9 Å². The molecule has 0 radical (unpaired) electrons. The number of fused-ring (bicyclic) bond motifs is 4. The minimum Gasteiger partial charge on any atom is -0.454 e. The van der Waals surface area contributed by atoms with Crippen LogP contribution in [0.1, 0.15) is 18.3 Å². The number of carbonyl (C=O) groups is 1. The first-order valence-electron chi connectivity index (χ1n) is 9.81. The molecule has 0 bridgehead atoms. The number of carbonyl (C=O) groups excluding carboxylic acids is 1. The highest BCUT2D eigenvalue weighted by atomic mass is 32.1. The minimum absolute atomic E-state index is 0.160. The molecule has 7 nitrogen and oxygen atoms in total. The molecule has 2 aromatic heterocycles. The molecule has 158 valence electrons. The largest absolute Gasteiger partial charge is 0.454 e. The molecule has 5 rings (SSSR count). The molecule has 9 heteroatoms. The summed E-state index contributed by atoms with van der Waals surface area (Å²) in [6, 6.07) is 10.2. The van der Waals surface area contributed by atoms with Gasteiger partial charge in [0.25, 0.3) is 5.56 Å². The first-order chi connectivity index (χ1) is 15.0. The van der Waals surface area contributed by atoms with Crippen LogP contribution in [-0.2, 0) is 24.3 Å². The number of nitrogens with one attached hydrogen (secondary N) is 1. The molecular formula is C22H18FN3O4S. The lowest BCUT2D eigenvalue weighted by Gasteiger charge is -2.12. The van der Waals surface area contributed by atoms with Gasteiger partial charge in [0.15, 0.2) is 11.5 Å². The van der Waals surface area contributed by atoms with Gasteiger partial charge in [0.1, 0.15) is 22.9 Å². The third kappa shape index (κ3) is 3.40. The van der Waals surface area contributed by atoms with Crippen LogP contribution in [0.3, 0.4) is 0 Å². The molecule has 0 aliphatic carbocycles. The van der Waals surface area contributed by atoms with Crippen LogP contribution in [0.5, 0.6) is 11.5 Å². The Bertz CT molecular complexity index is 1400. The molecule has 1 amide bonds. The minimum atomic E-state index is -0.406. The Labute approximate surface area is 180 Å². The van der Waals surface area contributed by atoms with Crippen LogP contribution in [0.4, 0.5) is 4.39 Å². The van der Waals surface area contributed by atoms with Gasteiger partial charge in [-0.3, -0.25) is 14.2 Å². The predicted octanol–water partition coefficient (Wildman–Crippen LogP) is 3.36. The molecule has 0 unspecified atom stereocenters. The van der Waals surface area contributed by atoms with E-state index in [0.717, 1.165) is 5.56 Å². The Morgan fingerprint density at radius 2 is 2.10 bits per heavy atom. The van der Waals surface area contributed by atoms with E-state index < -0.39 is 5.82 Å². The Hall–Kier alpha value is -3.46. The molecule has 0 spiro atoms. The molecular weight excluding hydrogens is 421 g/mol. The summed E-state index contributed by atoms with van der Waals surface area (Å²) in [5.74, 6) is 1.04. The van der Waals surface area contributed by atoms with Crippen molar-refractivity contribution in [3.8, 4) is 11.5 Å². The second-order valence-electron chi connectivity index (χ2n) is 7.13. The van der Waals surface area contributed by atoms with E-state index in [-0.39, 0.29) is 31.3 Å². The number of halogens is 1. The SMILES string of the molecule is CCc1nc2c(sc3cccc(F)c32)c(=O)n1CC(=O)NCc1ccc2c(c1)OCO2. The van der Waals surface area contributed by atoms with Crippen LogP contribution in [0.15, 0.2) is 41.2 Å². The molecule has 1 N–H and O–H groups in total. The molecule has 0 saturated carbocycles. The van der Waals surface area contributed by atoms with Crippen LogP contribution in [-0.4, -0.2) is 22.3 Å². The number of aromatic nitrogens is 2. The smallest absolute Gasteiger partial charge is 0.272 e. The highest BCUT2D eigenvalue weighted by molar-refractivity contribution is 7.25. The zero-order valence-electron chi connectivity index (χ0n) is 16.6. The molecule has 1 aliphatic heterocycles. The van der Waals surface area contributed by atoms with E-state index in [0.29, 0.717) is 44.0 Å². The van der Waals surface area contributed by atoms with Crippen molar-refractivity contribution >= 4 is 37.5 Å². The second kappa shape index (κ2) is 7.66. The number of nitrogens with zero attached hydrogens (tertiary/aromatic N) is 2. The quantitative estimate of drug-likeness (QED) is 0.516. The number of rotatable bonds is 5. The average Bonchev–Trinajstić information content (AvgIpc) is 3.39. The molecule has 0 saturated heterocycles. The first kappa shape index (κ1) is 19.5. The fourth-order valence-electron chi connectivity index (χ4n) is 3.66. The van der Waals surface area contributed by atoms with Crippen LogP contribution >= 0.6 is 11.3 Å². The standard InChI is InChI=1S/C22H18FN3O4S/c1-2-17-25-20-19-13(23)4-3-5-16(19)31-21(20)22(28)26(17)10-18(27)24-9-12-6-7-14-15(8-12)30-11-29-14/h3-8H,2,9-11H2,1H3,(H,24,27). The van der Waals surface area contributed by atoms with Gasteiger partial charge in [-0.1, -0.05) is 19.1 Å². The van der Waals surface area contributed by atoms with Crippen molar-refractivity contribution in [2.45, 2.75) is 26.4 Å². The summed E-state index contributed by atoms with van der Waals surface area (Å²) < 4.78 is 27.4. The van der Waals surface area contributed by atoms with Crippen molar-refractivity contribution < 1.29 is 18.7 Å². The monoisotopic (exact) mass is 439 g/mol. The average molecular weight is 439 g/mol. The zero-order chi connectivity index (χ0) is 21.5. The fourth-order valence-corrected chi connectivity index (χ4v) is 4.76. The second-order valence-corrected chi connectivity index (χ2v) is 8.18. The Kier molecular flexibility index (Phi) is 4.82. The summed E-state index contributed by atoms with van der Waals surface area (Å²) in [5.41, 5.74) is 0.881. The van der Waals surface area contributed by atoms with Crippen molar-refractivity contribution in [1.29, 1.82) is 0 Å². The fraction of sp³-hybridized carbons (Fsp3) is 0.227. The lowest BCUT2D eigenvalue weighted by molar-refractivity contribution is -0.121. The number of aryl methyl sites for hydroxylation is 1. The highest BCUT2D eigenvalue weighted by Gasteiger charge is 2.19. The van der Waals surface area contributed by atoms with E-state index in [1.54, 1.807) is 18.2 Å². The van der Waals surface area contributed by atoms with Crippen molar-refractivity contribution in [3.05, 3.63) is 64.0 Å². The van der Waals surface area contributed by atoms with Crippen LogP contribution in [0.25, 0.3) is 20.3 Å². The van der Waals surface area contributed by atoms with Gasteiger partial charge < -0.3 is 14.8 Å². The maximum Gasteiger partial charge on any atom is 0.272 e. The molecule has 4 aromatic rings. The summed E-state index contributed by atoms with van der Waals surface area (Å²) >= 11 is 1.19. The van der Waals surface area contributed by atoms with Gasteiger partial charge in [-0.2, -0.15) is 0 Å². The molecule has 1 aliphatic rings. The van der Waals surface area contributed by atoms with E-state index in [2.05, 4.69) is 10.3 Å². The molecule has 3 heterocycles. The van der Waals surface area contributed by atoms with Crippen molar-refractivity contribution in [2.24, 2.45) is 0 Å². The van der Waals surface area contributed by atoms with Gasteiger partial charge in [-0.25, -0.2) is 9.37 Å². The van der Waals surface area contributed by atoms with Crippen LogP contribution < -0.4 is 20.3 Å². The predicted molar refractivity (Wildman–Crippen MR) is 115 cm³/mol. The van der Waals surface area contributed by atoms with E-state index in [1.165, 1.54) is 22.0 Å². The number of hydrogen-bond donors (Lipinski definition) is 1. The third-order valence-corrected chi connectivity index (χ3v) is 6.31. The third-order valence-electron chi connectivity index (χ3n) is 5.18. The van der Waals surface area contributed by atoms with E-state index in [4.69, 9.17) is 9.47 Å². The Morgan fingerprint density at radius 1 is 1.26 bits per heavy atom. The zero-order valence-corrected chi connectivity index (χ0v) is 17.4. The Balaban J connectivity index is 1.42. The van der Waals surface area contributed by atoms with Crippen molar-refractivity contribution in [3.63, 3.8) is 0 Å². The molecule has 0 atom stereocenters. The maximum atomic E-state index is 14.3. The number of hydrogen-bond acceptors (Lipinski definition) is 6. The summed E-state index contributed by atoms with van der Waals surface area (Å²) in [7, 11) is 0. The van der Waals surface area contributed by atoms with Gasteiger partial charge in [0.05, 0.1) is 10.9 Å². The van der Waals surface area contributed by atoms with E-state index in [9.17, 15) is 14.0 Å². The summed E-state index contributed by atoms with van der Waals surface area (Å²) in [5, 5.41) is 3.18. The van der Waals surface area contributed by atoms with Gasteiger partial charge in [0.2, 0.25) is 12.7 Å². The maximum absolute atomic E-state index is 14.3. The topological polar surface area (TPSA) is 82.5 Å². The lowest BCUT2D eigenvalue weighted by Crippen LogP contribution is -2.34. The van der Waals surface area contributed by atoms with Gasteiger partial charge >= 0.3 is 0 Å². The first-order valence-corrected chi connectivity index (χ1v) is 10.6. The normalized spacial score (nSPS) is 12.6.